The van der Waals surface area contributed by atoms with Crippen molar-refractivity contribution in [3.05, 3.63) is 34.4 Å². The molecular weight excluding hydrogens is 146 g/mol. The van der Waals surface area contributed by atoms with Gasteiger partial charge >= 0.3 is 0 Å². The van der Waals surface area contributed by atoms with Gasteiger partial charge in [-0.2, -0.15) is 0 Å². The molecule has 0 aliphatic carbocycles. The van der Waals surface area contributed by atoms with Gasteiger partial charge in [0, 0.05) is 13.1 Å². The van der Waals surface area contributed by atoms with Crippen LogP contribution in [0.15, 0.2) is 12.1 Å². The predicted octanol–water partition coefficient (Wildman–Crippen LogP) is 2.25. The molecule has 0 saturated carbocycles. The SMILES string of the molecule is Cc1ccc(C)c2c1CN(C)C2. The van der Waals surface area contributed by atoms with Crippen molar-refractivity contribution in [1.29, 1.82) is 0 Å². The molecule has 1 aromatic carbocycles. The van der Waals surface area contributed by atoms with Crippen molar-refractivity contribution in [1.82, 2.24) is 4.90 Å². The first-order valence-electron chi connectivity index (χ1n) is 4.45. The van der Waals surface area contributed by atoms with Gasteiger partial charge in [-0.3, -0.25) is 4.90 Å². The maximum Gasteiger partial charge on any atom is 0.0240 e. The molecule has 0 fully saturated rings. The number of benzene rings is 1. The van der Waals surface area contributed by atoms with Crippen LogP contribution >= 0.6 is 0 Å². The van der Waals surface area contributed by atoms with Gasteiger partial charge in [-0.05, 0) is 43.1 Å². The molecule has 1 heterocycles. The summed E-state index contributed by atoms with van der Waals surface area (Å²) in [5.41, 5.74) is 6.00. The molecule has 1 aromatic rings. The fourth-order valence-corrected chi connectivity index (χ4v) is 1.96. The number of aryl methyl sites for hydroxylation is 2. The lowest BCUT2D eigenvalue weighted by Crippen LogP contribution is -2.07. The summed E-state index contributed by atoms with van der Waals surface area (Å²) in [7, 11) is 2.18. The van der Waals surface area contributed by atoms with E-state index in [1.807, 2.05) is 0 Å². The second kappa shape index (κ2) is 2.60. The zero-order valence-electron chi connectivity index (χ0n) is 8.02. The molecule has 2 rings (SSSR count). The Morgan fingerprint density at radius 1 is 1.00 bits per heavy atom. The number of hydrogen-bond acceptors (Lipinski definition) is 1. The molecule has 0 N–H and O–H groups in total. The van der Waals surface area contributed by atoms with Crippen molar-refractivity contribution in [2.75, 3.05) is 7.05 Å². The summed E-state index contributed by atoms with van der Waals surface area (Å²) in [6, 6.07) is 4.46. The third-order valence-electron chi connectivity index (χ3n) is 2.76. The second-order valence-corrected chi connectivity index (χ2v) is 3.83. The maximum absolute atomic E-state index is 2.37. The lowest BCUT2D eigenvalue weighted by atomic mass is 10.0. The average Bonchev–Trinajstić information content (AvgIpc) is 2.41. The molecule has 0 radical (unpaired) electrons. The molecule has 1 nitrogen and oxygen atoms in total. The van der Waals surface area contributed by atoms with Crippen molar-refractivity contribution in [2.45, 2.75) is 26.9 Å². The molecule has 1 heteroatoms. The molecule has 64 valence electrons. The van der Waals surface area contributed by atoms with Crippen molar-refractivity contribution in [2.24, 2.45) is 0 Å². The normalized spacial score (nSPS) is 16.6. The minimum atomic E-state index is 1.13. The summed E-state index contributed by atoms with van der Waals surface area (Å²) >= 11 is 0. The largest absolute Gasteiger partial charge is 0.298 e. The predicted molar refractivity (Wildman–Crippen MR) is 51.1 cm³/mol. The average molecular weight is 161 g/mol. The Labute approximate surface area is 74.0 Å². The standard InChI is InChI=1S/C11H15N/c1-8-4-5-9(2)11-7-12(3)6-10(8)11/h4-5H,6-7H2,1-3H3. The first-order chi connectivity index (χ1) is 5.68. The lowest BCUT2D eigenvalue weighted by molar-refractivity contribution is 0.352. The third-order valence-corrected chi connectivity index (χ3v) is 2.76. The summed E-state index contributed by atoms with van der Waals surface area (Å²) < 4.78 is 0. The fraction of sp³-hybridized carbons (Fsp3) is 0.455. The summed E-state index contributed by atoms with van der Waals surface area (Å²) in [5.74, 6) is 0. The number of rotatable bonds is 0. The molecule has 0 amide bonds. The summed E-state index contributed by atoms with van der Waals surface area (Å²) in [6.07, 6.45) is 0. The highest BCUT2D eigenvalue weighted by Crippen LogP contribution is 2.26. The van der Waals surface area contributed by atoms with E-state index in [0.717, 1.165) is 13.1 Å². The summed E-state index contributed by atoms with van der Waals surface area (Å²) in [4.78, 5) is 2.37. The molecular formula is C11H15N. The molecule has 0 spiro atoms. The zero-order chi connectivity index (χ0) is 8.72. The van der Waals surface area contributed by atoms with E-state index in [2.05, 4.69) is 37.9 Å². The van der Waals surface area contributed by atoms with Crippen molar-refractivity contribution in [3.8, 4) is 0 Å². The highest BCUT2D eigenvalue weighted by atomic mass is 15.1. The Balaban J connectivity index is 2.56. The van der Waals surface area contributed by atoms with Crippen LogP contribution in [0, 0.1) is 13.8 Å². The Morgan fingerprint density at radius 2 is 1.42 bits per heavy atom. The van der Waals surface area contributed by atoms with Gasteiger partial charge in [-0.15, -0.1) is 0 Å². The monoisotopic (exact) mass is 161 g/mol. The fourth-order valence-electron chi connectivity index (χ4n) is 1.96. The van der Waals surface area contributed by atoms with Gasteiger partial charge in [-0.1, -0.05) is 12.1 Å². The summed E-state index contributed by atoms with van der Waals surface area (Å²) in [5, 5.41) is 0. The highest BCUT2D eigenvalue weighted by Gasteiger charge is 2.18. The smallest absolute Gasteiger partial charge is 0.0240 e. The van der Waals surface area contributed by atoms with Gasteiger partial charge in [-0.25, -0.2) is 0 Å². The van der Waals surface area contributed by atoms with Crippen LogP contribution in [0.25, 0.3) is 0 Å². The van der Waals surface area contributed by atoms with Crippen molar-refractivity contribution in [3.63, 3.8) is 0 Å². The Hall–Kier alpha value is -0.820. The van der Waals surface area contributed by atoms with E-state index in [1.165, 1.54) is 11.1 Å². The molecule has 0 atom stereocenters. The van der Waals surface area contributed by atoms with Gasteiger partial charge in [0.15, 0.2) is 0 Å². The number of hydrogen-bond donors (Lipinski definition) is 0. The first kappa shape index (κ1) is 7.81. The van der Waals surface area contributed by atoms with Crippen LogP contribution in [0.4, 0.5) is 0 Å². The van der Waals surface area contributed by atoms with Crippen LogP contribution in [-0.2, 0) is 13.1 Å². The number of nitrogens with zero attached hydrogens (tertiary/aromatic N) is 1. The molecule has 12 heavy (non-hydrogen) atoms. The zero-order valence-corrected chi connectivity index (χ0v) is 8.02. The van der Waals surface area contributed by atoms with Crippen molar-refractivity contribution >= 4 is 0 Å². The van der Waals surface area contributed by atoms with Crippen LogP contribution in [0.3, 0.4) is 0 Å². The molecule has 0 aromatic heterocycles. The second-order valence-electron chi connectivity index (χ2n) is 3.83. The highest BCUT2D eigenvalue weighted by molar-refractivity contribution is 5.42. The minimum Gasteiger partial charge on any atom is -0.298 e. The van der Waals surface area contributed by atoms with E-state index in [-0.39, 0.29) is 0 Å². The van der Waals surface area contributed by atoms with Gasteiger partial charge in [0.05, 0.1) is 0 Å². The van der Waals surface area contributed by atoms with E-state index >= 15 is 0 Å². The van der Waals surface area contributed by atoms with Gasteiger partial charge in [0.1, 0.15) is 0 Å². The topological polar surface area (TPSA) is 3.24 Å². The van der Waals surface area contributed by atoms with Gasteiger partial charge in [0.2, 0.25) is 0 Å². The van der Waals surface area contributed by atoms with Crippen LogP contribution in [0.2, 0.25) is 0 Å². The van der Waals surface area contributed by atoms with E-state index in [1.54, 1.807) is 11.1 Å². The molecule has 0 saturated heterocycles. The minimum absolute atomic E-state index is 1.13. The van der Waals surface area contributed by atoms with Gasteiger partial charge in [0.25, 0.3) is 0 Å². The van der Waals surface area contributed by atoms with Crippen molar-refractivity contribution < 1.29 is 0 Å². The first-order valence-corrected chi connectivity index (χ1v) is 4.45. The molecule has 1 aliphatic rings. The van der Waals surface area contributed by atoms with E-state index in [0.29, 0.717) is 0 Å². The Bertz CT molecular complexity index is 284. The van der Waals surface area contributed by atoms with E-state index in [9.17, 15) is 0 Å². The third kappa shape index (κ3) is 1.05. The van der Waals surface area contributed by atoms with E-state index in [4.69, 9.17) is 0 Å². The van der Waals surface area contributed by atoms with Crippen LogP contribution < -0.4 is 0 Å². The molecule has 1 aliphatic heterocycles. The molecule has 0 bridgehead atoms. The van der Waals surface area contributed by atoms with Crippen LogP contribution in [0.1, 0.15) is 22.3 Å². The Kier molecular flexibility index (Phi) is 1.69. The maximum atomic E-state index is 2.37. The summed E-state index contributed by atoms with van der Waals surface area (Å²) in [6.45, 7) is 6.67. The van der Waals surface area contributed by atoms with Gasteiger partial charge < -0.3 is 0 Å². The Morgan fingerprint density at radius 3 is 1.83 bits per heavy atom. The lowest BCUT2D eigenvalue weighted by Gasteiger charge is -2.04. The van der Waals surface area contributed by atoms with E-state index < -0.39 is 0 Å². The number of fused-ring (bicyclic) bond motifs is 1. The molecule has 0 unspecified atom stereocenters. The van der Waals surface area contributed by atoms with Crippen LogP contribution in [-0.4, -0.2) is 11.9 Å². The van der Waals surface area contributed by atoms with Crippen LogP contribution in [0.5, 0.6) is 0 Å². The quantitative estimate of drug-likeness (QED) is 0.564.